The Labute approximate surface area is 156 Å². The maximum absolute atomic E-state index is 13.3. The minimum atomic E-state index is -1.06. The lowest BCUT2D eigenvalue weighted by molar-refractivity contribution is 0.0608. The minimum absolute atomic E-state index is 0.0376. The number of carbonyl (C=O) groups is 2. The van der Waals surface area contributed by atoms with Crippen LogP contribution in [0.25, 0.3) is 0 Å². The van der Waals surface area contributed by atoms with Gasteiger partial charge in [-0.15, -0.1) is 0 Å². The molecular weight excluding hydrogens is 352 g/mol. The smallest absolute Gasteiger partial charge is 0.274 e. The average Bonchev–Trinajstić information content (AvgIpc) is 2.70. The predicted molar refractivity (Wildman–Crippen MR) is 97.5 cm³/mol. The molecule has 5 nitrogen and oxygen atoms in total. The number of aromatic nitrogens is 1. The first-order valence-corrected chi connectivity index (χ1v) is 9.03. The summed E-state index contributed by atoms with van der Waals surface area (Å²) in [4.78, 5) is 31.1. The lowest BCUT2D eigenvalue weighted by Crippen LogP contribution is -2.43. The van der Waals surface area contributed by atoms with Crippen LogP contribution < -0.4 is 5.32 Å². The molecule has 0 saturated carbocycles. The van der Waals surface area contributed by atoms with Crippen LogP contribution in [0.3, 0.4) is 0 Å². The molecule has 1 atom stereocenters. The normalized spacial score (nSPS) is 16.9. The Bertz CT molecular complexity index is 857. The highest BCUT2D eigenvalue weighted by atomic mass is 19.2. The van der Waals surface area contributed by atoms with Gasteiger partial charge >= 0.3 is 0 Å². The molecule has 0 spiro atoms. The van der Waals surface area contributed by atoms with E-state index >= 15 is 0 Å². The topological polar surface area (TPSA) is 62.3 Å². The summed E-state index contributed by atoms with van der Waals surface area (Å²) in [6.45, 7) is 2.76. The Morgan fingerprint density at radius 1 is 1.19 bits per heavy atom. The van der Waals surface area contributed by atoms with Gasteiger partial charge < -0.3 is 10.2 Å². The van der Waals surface area contributed by atoms with Crippen molar-refractivity contribution in [2.45, 2.75) is 38.6 Å². The van der Waals surface area contributed by atoms with E-state index in [1.54, 1.807) is 6.07 Å². The number of anilines is 1. The fraction of sp³-hybridized carbons (Fsp3) is 0.350. The number of amides is 2. The van der Waals surface area contributed by atoms with Crippen molar-refractivity contribution in [3.05, 3.63) is 59.4 Å². The maximum Gasteiger partial charge on any atom is 0.274 e. The van der Waals surface area contributed by atoms with Gasteiger partial charge in [-0.3, -0.25) is 14.6 Å². The van der Waals surface area contributed by atoms with Gasteiger partial charge in [-0.1, -0.05) is 6.92 Å². The molecule has 1 aliphatic heterocycles. The quantitative estimate of drug-likeness (QED) is 0.881. The number of hydrogen-bond donors (Lipinski definition) is 1. The van der Waals surface area contributed by atoms with Gasteiger partial charge in [-0.25, -0.2) is 8.78 Å². The highest BCUT2D eigenvalue weighted by Gasteiger charge is 2.26. The van der Waals surface area contributed by atoms with Gasteiger partial charge in [-0.05, 0) is 49.9 Å². The molecule has 1 fully saturated rings. The third-order valence-corrected chi connectivity index (χ3v) is 4.78. The summed E-state index contributed by atoms with van der Waals surface area (Å²) in [6.07, 6.45) is 5.35. The summed E-state index contributed by atoms with van der Waals surface area (Å²) in [7, 11) is 0. The highest BCUT2D eigenvalue weighted by Crippen LogP contribution is 2.22. The van der Waals surface area contributed by atoms with Crippen molar-refractivity contribution in [1.82, 2.24) is 9.88 Å². The van der Waals surface area contributed by atoms with Crippen LogP contribution in [0.1, 0.15) is 53.5 Å². The van der Waals surface area contributed by atoms with Gasteiger partial charge in [0, 0.05) is 36.1 Å². The second-order valence-electron chi connectivity index (χ2n) is 6.57. The summed E-state index contributed by atoms with van der Waals surface area (Å²) in [5.41, 5.74) is 0.538. The van der Waals surface area contributed by atoms with Crippen LogP contribution in [0, 0.1) is 11.6 Å². The number of nitrogens with zero attached hydrogens (tertiary/aromatic N) is 2. The van der Waals surface area contributed by atoms with Crippen molar-refractivity contribution in [2.75, 3.05) is 11.9 Å². The fourth-order valence-electron chi connectivity index (χ4n) is 3.31. The molecule has 142 valence electrons. The molecule has 2 heterocycles. The van der Waals surface area contributed by atoms with Crippen LogP contribution in [0.4, 0.5) is 14.5 Å². The SMILES string of the molecule is CCC1CCCCN1C(=O)c1ccnc(C(=O)Nc2ccc(F)c(F)c2)c1. The van der Waals surface area contributed by atoms with Crippen LogP contribution in [0.2, 0.25) is 0 Å². The Kier molecular flexibility index (Phi) is 5.78. The molecule has 1 aromatic carbocycles. The van der Waals surface area contributed by atoms with E-state index < -0.39 is 17.5 Å². The Balaban J connectivity index is 1.77. The van der Waals surface area contributed by atoms with Crippen molar-refractivity contribution in [2.24, 2.45) is 0 Å². The standard InChI is InChI=1S/C20H21F2N3O2/c1-2-15-5-3-4-10-25(15)20(27)13-8-9-23-18(11-13)19(26)24-14-6-7-16(21)17(22)12-14/h6-9,11-12,15H,2-5,10H2,1H3,(H,24,26). The molecule has 3 rings (SSSR count). The van der Waals surface area contributed by atoms with Crippen molar-refractivity contribution >= 4 is 17.5 Å². The van der Waals surface area contributed by atoms with Crippen LogP contribution in [0.5, 0.6) is 0 Å². The number of nitrogens with one attached hydrogen (secondary N) is 1. The number of benzene rings is 1. The Hall–Kier alpha value is -2.83. The van der Waals surface area contributed by atoms with E-state index in [0.717, 1.165) is 37.8 Å². The Morgan fingerprint density at radius 2 is 2.00 bits per heavy atom. The summed E-state index contributed by atoms with van der Waals surface area (Å²) in [5.74, 6) is -2.77. The predicted octanol–water partition coefficient (Wildman–Crippen LogP) is 4.02. The van der Waals surface area contributed by atoms with Crippen LogP contribution in [-0.4, -0.2) is 34.3 Å². The monoisotopic (exact) mass is 373 g/mol. The van der Waals surface area contributed by atoms with E-state index in [2.05, 4.69) is 17.2 Å². The number of hydrogen-bond acceptors (Lipinski definition) is 3. The number of halogens is 2. The van der Waals surface area contributed by atoms with Crippen molar-refractivity contribution in [1.29, 1.82) is 0 Å². The zero-order valence-corrected chi connectivity index (χ0v) is 15.0. The number of likely N-dealkylation sites (tertiary alicyclic amines) is 1. The second-order valence-corrected chi connectivity index (χ2v) is 6.57. The molecule has 0 radical (unpaired) electrons. The molecular formula is C20H21F2N3O2. The van der Waals surface area contributed by atoms with E-state index in [1.165, 1.54) is 18.3 Å². The first-order chi connectivity index (χ1) is 13.0. The van der Waals surface area contributed by atoms with Gasteiger partial charge in [0.1, 0.15) is 5.69 Å². The molecule has 27 heavy (non-hydrogen) atoms. The van der Waals surface area contributed by atoms with Crippen molar-refractivity contribution in [3.63, 3.8) is 0 Å². The average molecular weight is 373 g/mol. The number of piperidine rings is 1. The van der Waals surface area contributed by atoms with Crippen LogP contribution in [-0.2, 0) is 0 Å². The van der Waals surface area contributed by atoms with Crippen LogP contribution >= 0.6 is 0 Å². The van der Waals surface area contributed by atoms with E-state index in [1.807, 2.05) is 4.90 Å². The number of rotatable bonds is 4. The lowest BCUT2D eigenvalue weighted by Gasteiger charge is -2.35. The zero-order chi connectivity index (χ0) is 19.4. The summed E-state index contributed by atoms with van der Waals surface area (Å²) in [5, 5.41) is 2.46. The highest BCUT2D eigenvalue weighted by molar-refractivity contribution is 6.04. The molecule has 1 N–H and O–H groups in total. The van der Waals surface area contributed by atoms with E-state index in [4.69, 9.17) is 0 Å². The van der Waals surface area contributed by atoms with Crippen molar-refractivity contribution < 1.29 is 18.4 Å². The van der Waals surface area contributed by atoms with E-state index in [-0.39, 0.29) is 23.3 Å². The third-order valence-electron chi connectivity index (χ3n) is 4.78. The molecule has 0 bridgehead atoms. The Morgan fingerprint density at radius 3 is 2.74 bits per heavy atom. The summed E-state index contributed by atoms with van der Waals surface area (Å²) in [6, 6.07) is 6.29. The first-order valence-electron chi connectivity index (χ1n) is 9.03. The first kappa shape index (κ1) is 18.9. The molecule has 2 aromatic rings. The van der Waals surface area contributed by atoms with E-state index in [0.29, 0.717) is 12.1 Å². The lowest BCUT2D eigenvalue weighted by atomic mass is 9.99. The zero-order valence-electron chi connectivity index (χ0n) is 15.0. The van der Waals surface area contributed by atoms with Gasteiger partial charge in [0.2, 0.25) is 0 Å². The molecule has 1 aliphatic rings. The van der Waals surface area contributed by atoms with E-state index in [9.17, 15) is 18.4 Å². The second kappa shape index (κ2) is 8.24. The molecule has 1 aromatic heterocycles. The van der Waals surface area contributed by atoms with Gasteiger partial charge in [-0.2, -0.15) is 0 Å². The maximum atomic E-state index is 13.3. The number of carbonyl (C=O) groups excluding carboxylic acids is 2. The van der Waals surface area contributed by atoms with Crippen LogP contribution in [0.15, 0.2) is 36.5 Å². The van der Waals surface area contributed by atoms with Gasteiger partial charge in [0.25, 0.3) is 11.8 Å². The molecule has 1 saturated heterocycles. The van der Waals surface area contributed by atoms with Gasteiger partial charge in [0.05, 0.1) is 0 Å². The minimum Gasteiger partial charge on any atom is -0.336 e. The largest absolute Gasteiger partial charge is 0.336 e. The summed E-state index contributed by atoms with van der Waals surface area (Å²) < 4.78 is 26.3. The van der Waals surface area contributed by atoms with Crippen molar-refractivity contribution in [3.8, 4) is 0 Å². The molecule has 0 aliphatic carbocycles. The fourth-order valence-corrected chi connectivity index (χ4v) is 3.31. The molecule has 1 unspecified atom stereocenters. The molecule has 2 amide bonds. The third kappa shape index (κ3) is 4.30. The number of pyridine rings is 1. The molecule has 7 heteroatoms. The van der Waals surface area contributed by atoms with Gasteiger partial charge in [0.15, 0.2) is 11.6 Å². The summed E-state index contributed by atoms with van der Waals surface area (Å²) >= 11 is 0.